The highest BCUT2D eigenvalue weighted by molar-refractivity contribution is 5.82. The van der Waals surface area contributed by atoms with E-state index in [9.17, 15) is 0 Å². The molecule has 7 heteroatoms. The highest BCUT2D eigenvalue weighted by Crippen LogP contribution is 2.19. The fourth-order valence-electron chi connectivity index (χ4n) is 2.32. The predicted octanol–water partition coefficient (Wildman–Crippen LogP) is 0.698. The summed E-state index contributed by atoms with van der Waals surface area (Å²) in [5, 5.41) is 0. The van der Waals surface area contributed by atoms with Crippen molar-refractivity contribution in [2.75, 3.05) is 38.8 Å². The third kappa shape index (κ3) is 2.59. The van der Waals surface area contributed by atoms with Crippen LogP contribution in [0.4, 0.5) is 5.82 Å². The summed E-state index contributed by atoms with van der Waals surface area (Å²) >= 11 is 0. The molecule has 1 aliphatic heterocycles. The minimum atomic E-state index is 0.233. The summed E-state index contributed by atoms with van der Waals surface area (Å²) in [6.45, 7) is 2.88. The molecule has 0 N–H and O–H groups in total. The normalized spacial score (nSPS) is 18.8. The third-order valence-electron chi connectivity index (χ3n) is 3.38. The fourth-order valence-corrected chi connectivity index (χ4v) is 2.32. The van der Waals surface area contributed by atoms with Crippen LogP contribution in [0.5, 0.6) is 0 Å². The molecule has 0 saturated carbocycles. The summed E-state index contributed by atoms with van der Waals surface area (Å²) in [6.07, 6.45) is 4.58. The van der Waals surface area contributed by atoms with E-state index in [0.717, 1.165) is 36.6 Å². The van der Waals surface area contributed by atoms with Crippen molar-refractivity contribution < 1.29 is 9.47 Å². The molecule has 108 valence electrons. The summed E-state index contributed by atoms with van der Waals surface area (Å²) in [4.78, 5) is 14.9. The molecule has 2 aromatic rings. The molecule has 1 atom stereocenters. The van der Waals surface area contributed by atoms with Crippen LogP contribution in [0.1, 0.15) is 6.42 Å². The minimum absolute atomic E-state index is 0.233. The first-order valence-corrected chi connectivity index (χ1v) is 6.78. The van der Waals surface area contributed by atoms with Gasteiger partial charge in [-0.2, -0.15) is 0 Å². The molecule has 0 amide bonds. The summed E-state index contributed by atoms with van der Waals surface area (Å²) in [7, 11) is 3.90. The molecule has 0 radical (unpaired) electrons. The second-order valence-corrected chi connectivity index (χ2v) is 5.06. The zero-order chi connectivity index (χ0) is 13.9. The smallest absolute Gasteiger partial charge is 0.165 e. The topological polar surface area (TPSA) is 65.3 Å². The number of ether oxygens (including phenoxy) is 2. The summed E-state index contributed by atoms with van der Waals surface area (Å²) in [5.41, 5.74) is 1.66. The summed E-state index contributed by atoms with van der Waals surface area (Å²) in [6, 6.07) is 0. The first kappa shape index (κ1) is 13.3. The fraction of sp³-hybridized carbons (Fsp3) is 0.615. The Morgan fingerprint density at radius 2 is 2.30 bits per heavy atom. The van der Waals surface area contributed by atoms with Gasteiger partial charge in [0.1, 0.15) is 6.33 Å². The maximum Gasteiger partial charge on any atom is 0.165 e. The van der Waals surface area contributed by atoms with E-state index in [1.807, 2.05) is 23.6 Å². The lowest BCUT2D eigenvalue weighted by molar-refractivity contribution is 0.0387. The van der Waals surface area contributed by atoms with E-state index >= 15 is 0 Å². The maximum atomic E-state index is 5.78. The Labute approximate surface area is 117 Å². The van der Waals surface area contributed by atoms with Gasteiger partial charge in [0.2, 0.25) is 0 Å². The highest BCUT2D eigenvalue weighted by atomic mass is 16.5. The lowest BCUT2D eigenvalue weighted by atomic mass is 10.3. The van der Waals surface area contributed by atoms with E-state index in [2.05, 4.69) is 15.0 Å². The van der Waals surface area contributed by atoms with Crippen LogP contribution < -0.4 is 4.90 Å². The molecule has 1 aliphatic rings. The van der Waals surface area contributed by atoms with Crippen LogP contribution in [0, 0.1) is 0 Å². The molecule has 0 spiro atoms. The van der Waals surface area contributed by atoms with E-state index in [1.165, 1.54) is 0 Å². The van der Waals surface area contributed by atoms with E-state index in [0.29, 0.717) is 13.2 Å². The Morgan fingerprint density at radius 3 is 3.05 bits per heavy atom. The summed E-state index contributed by atoms with van der Waals surface area (Å²) < 4.78 is 13.1. The third-order valence-corrected chi connectivity index (χ3v) is 3.38. The van der Waals surface area contributed by atoms with Gasteiger partial charge in [0.25, 0.3) is 0 Å². The van der Waals surface area contributed by atoms with Crippen LogP contribution in [0.3, 0.4) is 0 Å². The number of hydrogen-bond donors (Lipinski definition) is 0. The van der Waals surface area contributed by atoms with Gasteiger partial charge >= 0.3 is 0 Å². The number of fused-ring (bicyclic) bond motifs is 1. The zero-order valence-electron chi connectivity index (χ0n) is 11.8. The quantitative estimate of drug-likeness (QED) is 0.801. The van der Waals surface area contributed by atoms with E-state index < -0.39 is 0 Å². The van der Waals surface area contributed by atoms with Crippen LogP contribution in [-0.4, -0.2) is 59.5 Å². The van der Waals surface area contributed by atoms with Crippen molar-refractivity contribution in [3.05, 3.63) is 12.7 Å². The largest absolute Gasteiger partial charge is 0.379 e. The zero-order valence-corrected chi connectivity index (χ0v) is 11.8. The molecule has 3 heterocycles. The lowest BCUT2D eigenvalue weighted by Gasteiger charge is -2.12. The van der Waals surface area contributed by atoms with Gasteiger partial charge < -0.3 is 18.9 Å². The standard InChI is InChI=1S/C13H19N5O2/c1-17(2)12-11-13(15-8-14-12)18(9-16-11)4-6-20-10-3-5-19-7-10/h8-10H,3-7H2,1-2H3. The number of imidazole rings is 1. The predicted molar refractivity (Wildman–Crippen MR) is 74.8 cm³/mol. The first-order valence-electron chi connectivity index (χ1n) is 6.78. The number of rotatable bonds is 5. The molecule has 20 heavy (non-hydrogen) atoms. The van der Waals surface area contributed by atoms with Crippen LogP contribution in [0.2, 0.25) is 0 Å². The molecule has 0 aromatic carbocycles. The van der Waals surface area contributed by atoms with Crippen molar-refractivity contribution in [2.24, 2.45) is 0 Å². The molecular weight excluding hydrogens is 258 g/mol. The van der Waals surface area contributed by atoms with E-state index in [1.54, 1.807) is 12.7 Å². The van der Waals surface area contributed by atoms with Gasteiger partial charge in [-0.3, -0.25) is 0 Å². The van der Waals surface area contributed by atoms with Gasteiger partial charge in [0, 0.05) is 27.2 Å². The molecule has 7 nitrogen and oxygen atoms in total. The average molecular weight is 277 g/mol. The molecule has 0 bridgehead atoms. The van der Waals surface area contributed by atoms with Crippen molar-refractivity contribution in [3.63, 3.8) is 0 Å². The number of hydrogen-bond acceptors (Lipinski definition) is 6. The maximum absolute atomic E-state index is 5.78. The van der Waals surface area contributed by atoms with Gasteiger partial charge in [-0.1, -0.05) is 0 Å². The second kappa shape index (κ2) is 5.72. The monoisotopic (exact) mass is 277 g/mol. The van der Waals surface area contributed by atoms with Gasteiger partial charge in [0.15, 0.2) is 17.0 Å². The molecule has 1 fully saturated rings. The van der Waals surface area contributed by atoms with Crippen LogP contribution in [-0.2, 0) is 16.0 Å². The molecule has 1 saturated heterocycles. The number of nitrogens with zero attached hydrogens (tertiary/aromatic N) is 5. The molecule has 2 aromatic heterocycles. The molecular formula is C13H19N5O2. The van der Waals surface area contributed by atoms with Crippen molar-refractivity contribution in [1.29, 1.82) is 0 Å². The summed E-state index contributed by atoms with van der Waals surface area (Å²) in [5.74, 6) is 0.832. The first-order chi connectivity index (χ1) is 9.75. The van der Waals surface area contributed by atoms with Gasteiger partial charge in [-0.25, -0.2) is 15.0 Å². The van der Waals surface area contributed by atoms with Crippen molar-refractivity contribution in [1.82, 2.24) is 19.5 Å². The molecule has 3 rings (SSSR count). The molecule has 1 unspecified atom stereocenters. The Bertz CT molecular complexity index is 577. The van der Waals surface area contributed by atoms with Crippen molar-refractivity contribution >= 4 is 17.0 Å². The number of aromatic nitrogens is 4. The Morgan fingerprint density at radius 1 is 1.40 bits per heavy atom. The second-order valence-electron chi connectivity index (χ2n) is 5.06. The molecule has 0 aliphatic carbocycles. The average Bonchev–Trinajstić information content (AvgIpc) is 3.08. The van der Waals surface area contributed by atoms with Gasteiger partial charge in [-0.05, 0) is 6.42 Å². The van der Waals surface area contributed by atoms with Gasteiger partial charge in [-0.15, -0.1) is 0 Å². The van der Waals surface area contributed by atoms with E-state index in [-0.39, 0.29) is 6.10 Å². The van der Waals surface area contributed by atoms with Crippen molar-refractivity contribution in [3.8, 4) is 0 Å². The van der Waals surface area contributed by atoms with E-state index in [4.69, 9.17) is 9.47 Å². The van der Waals surface area contributed by atoms with Crippen LogP contribution in [0.25, 0.3) is 11.2 Å². The Hall–Kier alpha value is -1.73. The number of anilines is 1. The van der Waals surface area contributed by atoms with Crippen LogP contribution >= 0.6 is 0 Å². The lowest BCUT2D eigenvalue weighted by Crippen LogP contribution is -2.16. The van der Waals surface area contributed by atoms with Crippen molar-refractivity contribution in [2.45, 2.75) is 19.1 Å². The highest BCUT2D eigenvalue weighted by Gasteiger charge is 2.16. The SMILES string of the molecule is CN(C)c1ncnc2c1ncn2CCOC1CCOC1. The minimum Gasteiger partial charge on any atom is -0.379 e. The van der Waals surface area contributed by atoms with Crippen LogP contribution in [0.15, 0.2) is 12.7 Å². The van der Waals surface area contributed by atoms with Gasteiger partial charge in [0.05, 0.1) is 25.6 Å². The Kier molecular flexibility index (Phi) is 3.79. The Balaban J connectivity index is 1.70.